The highest BCUT2D eigenvalue weighted by molar-refractivity contribution is 9.10. The zero-order chi connectivity index (χ0) is 14.5. The largest absolute Gasteiger partial charge is 0.353 e. The van der Waals surface area contributed by atoms with E-state index >= 15 is 0 Å². The number of nitrogens with one attached hydrogen (secondary N) is 1. The number of carbonyl (C=O) groups is 1. The van der Waals surface area contributed by atoms with Crippen molar-refractivity contribution in [3.63, 3.8) is 0 Å². The fourth-order valence-electron chi connectivity index (χ4n) is 3.08. The molecule has 1 aliphatic carbocycles. The van der Waals surface area contributed by atoms with E-state index < -0.39 is 0 Å². The summed E-state index contributed by atoms with van der Waals surface area (Å²) in [5.74, 6) is 0.665. The molecule has 0 radical (unpaired) electrons. The van der Waals surface area contributed by atoms with Crippen molar-refractivity contribution in [2.24, 2.45) is 17.6 Å². The van der Waals surface area contributed by atoms with Gasteiger partial charge in [0.1, 0.15) is 0 Å². The van der Waals surface area contributed by atoms with Crippen LogP contribution in [0.2, 0.25) is 0 Å². The molecule has 1 unspecified atom stereocenters. The second kappa shape index (κ2) is 7.23. The highest BCUT2D eigenvalue weighted by atomic mass is 79.9. The third-order valence-electron chi connectivity index (χ3n) is 4.12. The van der Waals surface area contributed by atoms with Crippen LogP contribution >= 0.6 is 15.9 Å². The lowest BCUT2D eigenvalue weighted by molar-refractivity contribution is -0.126. The maximum atomic E-state index is 12.3. The quantitative estimate of drug-likeness (QED) is 0.867. The third-order valence-corrected chi connectivity index (χ3v) is 4.61. The van der Waals surface area contributed by atoms with Gasteiger partial charge in [0, 0.05) is 16.4 Å². The van der Waals surface area contributed by atoms with Crippen LogP contribution in [0.3, 0.4) is 0 Å². The van der Waals surface area contributed by atoms with Crippen molar-refractivity contribution in [1.29, 1.82) is 0 Å². The maximum absolute atomic E-state index is 12.3. The molecule has 0 aromatic heterocycles. The minimum atomic E-state index is 0.116. The number of benzene rings is 1. The van der Waals surface area contributed by atoms with Gasteiger partial charge in [-0.2, -0.15) is 0 Å². The number of hydrogen-bond acceptors (Lipinski definition) is 2. The number of hydrogen-bond donors (Lipinski definition) is 2. The van der Waals surface area contributed by atoms with Crippen molar-refractivity contribution in [2.75, 3.05) is 6.54 Å². The first-order chi connectivity index (χ1) is 9.60. The van der Waals surface area contributed by atoms with Crippen molar-refractivity contribution in [2.45, 2.75) is 38.6 Å². The smallest absolute Gasteiger partial charge is 0.223 e. The van der Waals surface area contributed by atoms with Crippen LogP contribution in [-0.4, -0.2) is 18.5 Å². The van der Waals surface area contributed by atoms with Crippen LogP contribution in [-0.2, 0) is 11.2 Å². The van der Waals surface area contributed by atoms with Crippen LogP contribution in [0.4, 0.5) is 0 Å². The molecule has 2 rings (SSSR count). The molecule has 1 fully saturated rings. The Morgan fingerprint density at radius 1 is 1.50 bits per heavy atom. The van der Waals surface area contributed by atoms with Gasteiger partial charge in [-0.05, 0) is 56.3 Å². The van der Waals surface area contributed by atoms with Gasteiger partial charge in [0.2, 0.25) is 5.91 Å². The Bertz CT molecular complexity index is 464. The lowest BCUT2D eigenvalue weighted by Gasteiger charge is -2.21. The van der Waals surface area contributed by atoms with E-state index in [4.69, 9.17) is 5.73 Å². The summed E-state index contributed by atoms with van der Waals surface area (Å²) in [6.07, 6.45) is 4.05. The average Bonchev–Trinajstić information content (AvgIpc) is 2.86. The number of halogens is 1. The molecule has 4 heteroatoms. The molecule has 0 heterocycles. The van der Waals surface area contributed by atoms with Gasteiger partial charge in [-0.3, -0.25) is 4.79 Å². The van der Waals surface area contributed by atoms with E-state index in [1.165, 1.54) is 5.56 Å². The Kier molecular flexibility index (Phi) is 5.61. The van der Waals surface area contributed by atoms with Gasteiger partial charge in [0.15, 0.2) is 0 Å². The first-order valence-corrected chi connectivity index (χ1v) is 8.14. The van der Waals surface area contributed by atoms with Gasteiger partial charge in [-0.15, -0.1) is 0 Å². The zero-order valence-electron chi connectivity index (χ0n) is 11.9. The van der Waals surface area contributed by atoms with E-state index in [1.54, 1.807) is 0 Å². The molecule has 1 aromatic rings. The van der Waals surface area contributed by atoms with Crippen molar-refractivity contribution in [1.82, 2.24) is 5.32 Å². The van der Waals surface area contributed by atoms with E-state index in [2.05, 4.69) is 40.3 Å². The van der Waals surface area contributed by atoms with E-state index in [0.717, 1.165) is 30.2 Å². The molecular weight excluding hydrogens is 316 g/mol. The highest BCUT2D eigenvalue weighted by Gasteiger charge is 2.32. The van der Waals surface area contributed by atoms with E-state index in [1.807, 2.05) is 12.1 Å². The van der Waals surface area contributed by atoms with Crippen LogP contribution in [0.1, 0.15) is 31.7 Å². The van der Waals surface area contributed by atoms with Crippen LogP contribution in [0, 0.1) is 11.8 Å². The fourth-order valence-corrected chi connectivity index (χ4v) is 3.53. The van der Waals surface area contributed by atoms with Crippen LogP contribution in [0.25, 0.3) is 0 Å². The van der Waals surface area contributed by atoms with Crippen LogP contribution < -0.4 is 11.1 Å². The summed E-state index contributed by atoms with van der Waals surface area (Å²) >= 11 is 3.47. The first kappa shape index (κ1) is 15.5. The third kappa shape index (κ3) is 4.06. The molecule has 1 aromatic carbocycles. The predicted octanol–water partition coefficient (Wildman–Crippen LogP) is 2.87. The monoisotopic (exact) mass is 338 g/mol. The molecule has 0 aliphatic heterocycles. The topological polar surface area (TPSA) is 55.1 Å². The van der Waals surface area contributed by atoms with Crippen LogP contribution in [0.5, 0.6) is 0 Å². The molecule has 20 heavy (non-hydrogen) atoms. The second-order valence-electron chi connectivity index (χ2n) is 5.78. The minimum Gasteiger partial charge on any atom is -0.353 e. The molecular formula is C16H23BrN2O. The summed E-state index contributed by atoms with van der Waals surface area (Å²) in [4.78, 5) is 12.3. The summed E-state index contributed by atoms with van der Waals surface area (Å²) in [6, 6.07) is 8.37. The molecule has 1 amide bonds. The van der Waals surface area contributed by atoms with Crippen molar-refractivity contribution >= 4 is 21.8 Å². The van der Waals surface area contributed by atoms with Gasteiger partial charge in [-0.25, -0.2) is 0 Å². The van der Waals surface area contributed by atoms with Crippen molar-refractivity contribution in [3.8, 4) is 0 Å². The fraction of sp³-hybridized carbons (Fsp3) is 0.562. The highest BCUT2D eigenvalue weighted by Crippen LogP contribution is 2.31. The van der Waals surface area contributed by atoms with Crippen LogP contribution in [0.15, 0.2) is 28.7 Å². The number of carbonyl (C=O) groups excluding carboxylic acids is 1. The molecule has 1 saturated carbocycles. The summed E-state index contributed by atoms with van der Waals surface area (Å²) in [6.45, 7) is 2.68. The summed E-state index contributed by atoms with van der Waals surface area (Å²) in [5.41, 5.74) is 6.98. The Balaban J connectivity index is 1.88. The lowest BCUT2D eigenvalue weighted by Crippen LogP contribution is -2.40. The SMILES string of the molecule is CC(Cc1cccc(Br)c1)NC(=O)[C@@H]1CCC[C@@H]1CN. The lowest BCUT2D eigenvalue weighted by atomic mass is 9.95. The van der Waals surface area contributed by atoms with E-state index in [0.29, 0.717) is 12.5 Å². The molecule has 3 N–H and O–H groups in total. The average molecular weight is 339 g/mol. The Hall–Kier alpha value is -0.870. The minimum absolute atomic E-state index is 0.116. The zero-order valence-corrected chi connectivity index (χ0v) is 13.5. The maximum Gasteiger partial charge on any atom is 0.223 e. The van der Waals surface area contributed by atoms with Crippen molar-refractivity contribution < 1.29 is 4.79 Å². The predicted molar refractivity (Wildman–Crippen MR) is 85.3 cm³/mol. The number of nitrogens with two attached hydrogens (primary N) is 1. The van der Waals surface area contributed by atoms with E-state index in [9.17, 15) is 4.79 Å². The molecule has 1 aliphatic rings. The first-order valence-electron chi connectivity index (χ1n) is 7.35. The Labute approximate surface area is 129 Å². The molecule has 0 saturated heterocycles. The molecule has 3 atom stereocenters. The Morgan fingerprint density at radius 2 is 2.30 bits per heavy atom. The summed E-state index contributed by atoms with van der Waals surface area (Å²) in [5, 5.41) is 3.14. The number of amides is 1. The van der Waals surface area contributed by atoms with Gasteiger partial charge >= 0.3 is 0 Å². The number of rotatable bonds is 5. The molecule has 0 spiro atoms. The standard InChI is InChI=1S/C16H23BrN2O/c1-11(8-12-4-2-6-14(17)9-12)19-16(20)15-7-3-5-13(15)10-18/h2,4,6,9,11,13,15H,3,5,7-8,10,18H2,1H3,(H,19,20)/t11?,13-,15-/m1/s1. The normalized spacial score (nSPS) is 23.6. The van der Waals surface area contributed by atoms with Gasteiger partial charge in [0.25, 0.3) is 0 Å². The van der Waals surface area contributed by atoms with Gasteiger partial charge in [0.05, 0.1) is 0 Å². The molecule has 3 nitrogen and oxygen atoms in total. The second-order valence-corrected chi connectivity index (χ2v) is 6.69. The molecule has 0 bridgehead atoms. The van der Waals surface area contributed by atoms with Gasteiger partial charge < -0.3 is 11.1 Å². The Morgan fingerprint density at radius 3 is 3.00 bits per heavy atom. The van der Waals surface area contributed by atoms with Gasteiger partial charge in [-0.1, -0.05) is 34.5 Å². The summed E-state index contributed by atoms with van der Waals surface area (Å²) in [7, 11) is 0. The van der Waals surface area contributed by atoms with Crippen molar-refractivity contribution in [3.05, 3.63) is 34.3 Å². The van der Waals surface area contributed by atoms with E-state index in [-0.39, 0.29) is 17.9 Å². The summed E-state index contributed by atoms with van der Waals surface area (Å²) < 4.78 is 1.08. The molecule has 110 valence electrons.